The third kappa shape index (κ3) is 12.5. The largest absolute Gasteiger partial charge is 0.481 e. The standard InChI is InChI=1S/C16H29NO4.C9H18O/c1-13-12-14(10-11-17-13)21-16(20)9-7-5-3-2-4-6-8-15(18)19;1-7-5-4-6-9(2,3)8(7)10/h13-14,17H,2-12H2,1H3,(H,18,19);7-8,10H,4-6H2,1-3H3. The first-order chi connectivity index (χ1) is 14.6. The van der Waals surface area contributed by atoms with Gasteiger partial charge in [-0.3, -0.25) is 9.59 Å². The Labute approximate surface area is 189 Å². The molecular weight excluding hydrogens is 394 g/mol. The molecule has 1 aliphatic carbocycles. The Morgan fingerprint density at radius 2 is 1.61 bits per heavy atom. The normalized spacial score (nSPS) is 27.6. The zero-order valence-corrected chi connectivity index (χ0v) is 20.3. The zero-order chi connectivity index (χ0) is 23.3. The molecule has 3 N–H and O–H groups in total. The number of unbranched alkanes of at least 4 members (excludes halogenated alkanes) is 5. The smallest absolute Gasteiger partial charge is 0.306 e. The average Bonchev–Trinajstić information content (AvgIpc) is 2.68. The first kappa shape index (κ1) is 27.9. The lowest BCUT2D eigenvalue weighted by molar-refractivity contribution is -0.150. The second-order valence-corrected chi connectivity index (χ2v) is 10.3. The molecular formula is C25H47NO5. The highest BCUT2D eigenvalue weighted by Gasteiger charge is 2.35. The van der Waals surface area contributed by atoms with Crippen molar-refractivity contribution in [3.05, 3.63) is 0 Å². The van der Waals surface area contributed by atoms with Crippen molar-refractivity contribution in [1.29, 1.82) is 0 Å². The van der Waals surface area contributed by atoms with Gasteiger partial charge in [0.25, 0.3) is 0 Å². The predicted molar refractivity (Wildman–Crippen MR) is 124 cm³/mol. The van der Waals surface area contributed by atoms with Gasteiger partial charge in [-0.05, 0) is 63.3 Å². The van der Waals surface area contributed by atoms with Crippen LogP contribution in [0.25, 0.3) is 0 Å². The van der Waals surface area contributed by atoms with Crippen LogP contribution >= 0.6 is 0 Å². The number of hydrogen-bond donors (Lipinski definition) is 3. The molecule has 31 heavy (non-hydrogen) atoms. The number of ether oxygens (including phenoxy) is 1. The van der Waals surface area contributed by atoms with Gasteiger partial charge in [-0.2, -0.15) is 0 Å². The van der Waals surface area contributed by atoms with Gasteiger partial charge in [0.05, 0.1) is 6.10 Å². The van der Waals surface area contributed by atoms with E-state index in [-0.39, 0.29) is 30.0 Å². The maximum atomic E-state index is 11.7. The van der Waals surface area contributed by atoms with Gasteiger partial charge in [0.1, 0.15) is 6.10 Å². The number of carbonyl (C=O) groups excluding carboxylic acids is 1. The van der Waals surface area contributed by atoms with E-state index in [2.05, 4.69) is 33.0 Å². The van der Waals surface area contributed by atoms with Crippen LogP contribution < -0.4 is 5.32 Å². The molecule has 4 atom stereocenters. The summed E-state index contributed by atoms with van der Waals surface area (Å²) in [6.45, 7) is 9.51. The van der Waals surface area contributed by atoms with E-state index in [9.17, 15) is 14.7 Å². The summed E-state index contributed by atoms with van der Waals surface area (Å²) in [6.07, 6.45) is 12.0. The number of aliphatic hydroxyl groups excluding tert-OH is 1. The molecule has 0 aromatic carbocycles. The minimum atomic E-state index is -0.718. The molecule has 1 saturated heterocycles. The van der Waals surface area contributed by atoms with Crippen LogP contribution in [0, 0.1) is 11.3 Å². The molecule has 2 fully saturated rings. The zero-order valence-electron chi connectivity index (χ0n) is 20.3. The van der Waals surface area contributed by atoms with Crippen LogP contribution in [0.2, 0.25) is 0 Å². The lowest BCUT2D eigenvalue weighted by Crippen LogP contribution is -2.40. The summed E-state index contributed by atoms with van der Waals surface area (Å²) in [5.74, 6) is -0.284. The SMILES string of the molecule is CC1CC(OC(=O)CCCCCCCCC(=O)O)CCN1.CC1CCCC(C)(C)C1O. The average molecular weight is 442 g/mol. The summed E-state index contributed by atoms with van der Waals surface area (Å²) in [4.78, 5) is 22.1. The van der Waals surface area contributed by atoms with Gasteiger partial charge in [0.15, 0.2) is 0 Å². The van der Waals surface area contributed by atoms with E-state index in [1.165, 1.54) is 19.3 Å². The van der Waals surface area contributed by atoms with E-state index in [1.54, 1.807) is 0 Å². The van der Waals surface area contributed by atoms with E-state index >= 15 is 0 Å². The van der Waals surface area contributed by atoms with Gasteiger partial charge < -0.3 is 20.3 Å². The van der Waals surface area contributed by atoms with Gasteiger partial charge in [-0.25, -0.2) is 0 Å². The lowest BCUT2D eigenvalue weighted by atomic mass is 9.70. The van der Waals surface area contributed by atoms with Crippen LogP contribution in [0.1, 0.15) is 111 Å². The van der Waals surface area contributed by atoms with Gasteiger partial charge >= 0.3 is 11.9 Å². The number of nitrogens with one attached hydrogen (secondary N) is 1. The number of esters is 1. The lowest BCUT2D eigenvalue weighted by Gasteiger charge is -2.39. The minimum absolute atomic E-state index is 0.0695. The van der Waals surface area contributed by atoms with Crippen LogP contribution in [0.3, 0.4) is 0 Å². The number of carboxylic acid groups (broad SMARTS) is 1. The predicted octanol–water partition coefficient (Wildman–Crippen LogP) is 5.07. The Balaban J connectivity index is 0.000000399. The fraction of sp³-hybridized carbons (Fsp3) is 0.920. The van der Waals surface area contributed by atoms with Crippen molar-refractivity contribution in [3.63, 3.8) is 0 Å². The number of aliphatic hydroxyl groups is 1. The molecule has 2 aliphatic rings. The van der Waals surface area contributed by atoms with E-state index in [4.69, 9.17) is 9.84 Å². The number of piperidine rings is 1. The number of carboxylic acids is 1. The second kappa shape index (κ2) is 14.8. The quantitative estimate of drug-likeness (QED) is 0.324. The molecule has 0 aromatic rings. The Bertz CT molecular complexity index is 522. The van der Waals surface area contributed by atoms with Crippen LogP contribution in [0.4, 0.5) is 0 Å². The van der Waals surface area contributed by atoms with Crippen LogP contribution in [0.5, 0.6) is 0 Å². The number of rotatable bonds is 10. The number of aliphatic carboxylic acids is 1. The molecule has 0 radical (unpaired) electrons. The molecule has 182 valence electrons. The van der Waals surface area contributed by atoms with E-state index in [0.29, 0.717) is 18.4 Å². The fourth-order valence-corrected chi connectivity index (χ4v) is 4.65. The van der Waals surface area contributed by atoms with Crippen molar-refractivity contribution < 1.29 is 24.5 Å². The van der Waals surface area contributed by atoms with Crippen LogP contribution in [-0.2, 0) is 14.3 Å². The molecule has 6 heteroatoms. The highest BCUT2D eigenvalue weighted by atomic mass is 16.5. The topological polar surface area (TPSA) is 95.9 Å². The summed E-state index contributed by atoms with van der Waals surface area (Å²) in [7, 11) is 0. The monoisotopic (exact) mass is 441 g/mol. The summed E-state index contributed by atoms with van der Waals surface area (Å²) in [5, 5.41) is 21.6. The van der Waals surface area contributed by atoms with Crippen molar-refractivity contribution in [2.24, 2.45) is 11.3 Å². The maximum absolute atomic E-state index is 11.7. The van der Waals surface area contributed by atoms with Crippen molar-refractivity contribution in [2.45, 2.75) is 129 Å². The molecule has 6 nitrogen and oxygen atoms in total. The fourth-order valence-electron chi connectivity index (χ4n) is 4.65. The highest BCUT2D eigenvalue weighted by Crippen LogP contribution is 2.38. The van der Waals surface area contributed by atoms with Gasteiger partial charge in [0, 0.05) is 18.9 Å². The first-order valence-corrected chi connectivity index (χ1v) is 12.4. The van der Waals surface area contributed by atoms with Gasteiger partial charge in [-0.15, -0.1) is 0 Å². The first-order valence-electron chi connectivity index (χ1n) is 12.4. The second-order valence-electron chi connectivity index (χ2n) is 10.3. The maximum Gasteiger partial charge on any atom is 0.306 e. The molecule has 4 unspecified atom stereocenters. The molecule has 0 aromatic heterocycles. The molecule has 1 aliphatic heterocycles. The van der Waals surface area contributed by atoms with Crippen molar-refractivity contribution >= 4 is 11.9 Å². The van der Waals surface area contributed by atoms with Gasteiger partial charge in [0.2, 0.25) is 0 Å². The van der Waals surface area contributed by atoms with E-state index in [0.717, 1.165) is 57.9 Å². The highest BCUT2D eigenvalue weighted by molar-refractivity contribution is 5.69. The van der Waals surface area contributed by atoms with Crippen molar-refractivity contribution in [3.8, 4) is 0 Å². The van der Waals surface area contributed by atoms with Crippen LogP contribution in [0.15, 0.2) is 0 Å². The Morgan fingerprint density at radius 3 is 2.16 bits per heavy atom. The number of hydrogen-bond acceptors (Lipinski definition) is 5. The van der Waals surface area contributed by atoms with Crippen molar-refractivity contribution in [2.75, 3.05) is 6.54 Å². The molecule has 1 saturated carbocycles. The summed E-state index contributed by atoms with van der Waals surface area (Å²) in [5.41, 5.74) is 0.164. The Kier molecular flexibility index (Phi) is 13.3. The third-order valence-corrected chi connectivity index (χ3v) is 6.72. The molecule has 0 spiro atoms. The number of carbonyl (C=O) groups is 2. The summed E-state index contributed by atoms with van der Waals surface area (Å²) >= 11 is 0. The Morgan fingerprint density at radius 1 is 1.00 bits per heavy atom. The minimum Gasteiger partial charge on any atom is -0.481 e. The third-order valence-electron chi connectivity index (χ3n) is 6.72. The van der Waals surface area contributed by atoms with E-state index in [1.807, 2.05) is 0 Å². The molecule has 0 bridgehead atoms. The molecule has 2 rings (SSSR count). The summed E-state index contributed by atoms with van der Waals surface area (Å²) in [6, 6.07) is 0.433. The van der Waals surface area contributed by atoms with E-state index < -0.39 is 5.97 Å². The summed E-state index contributed by atoms with van der Waals surface area (Å²) < 4.78 is 5.49. The van der Waals surface area contributed by atoms with Crippen LogP contribution in [-0.4, -0.2) is 46.9 Å². The molecule has 1 heterocycles. The van der Waals surface area contributed by atoms with Crippen molar-refractivity contribution in [1.82, 2.24) is 5.32 Å². The molecule has 0 amide bonds. The Hall–Kier alpha value is -1.14. The van der Waals surface area contributed by atoms with Gasteiger partial charge in [-0.1, -0.05) is 52.9 Å².